The van der Waals surface area contributed by atoms with Gasteiger partial charge in [-0.15, -0.1) is 0 Å². The summed E-state index contributed by atoms with van der Waals surface area (Å²) in [6.07, 6.45) is 5.11. The van der Waals surface area contributed by atoms with Crippen molar-refractivity contribution in [2.75, 3.05) is 0 Å². The van der Waals surface area contributed by atoms with Crippen LogP contribution in [0.25, 0.3) is 0 Å². The molecule has 1 saturated carbocycles. The highest BCUT2D eigenvalue weighted by Crippen LogP contribution is 2.43. The minimum Gasteiger partial charge on any atom is -0.298 e. The van der Waals surface area contributed by atoms with Gasteiger partial charge in [-0.25, -0.2) is 0 Å². The van der Waals surface area contributed by atoms with Crippen molar-refractivity contribution >= 4 is 5.78 Å². The molecule has 2 atom stereocenters. The van der Waals surface area contributed by atoms with Crippen LogP contribution in [0.5, 0.6) is 0 Å². The molecule has 2 fully saturated rings. The Hall–Kier alpha value is -0.370. The molecule has 0 aromatic heterocycles. The van der Waals surface area contributed by atoms with Crippen LogP contribution in [0.15, 0.2) is 0 Å². The second kappa shape index (κ2) is 4.48. The van der Waals surface area contributed by atoms with Crippen LogP contribution in [-0.2, 0) is 4.79 Å². The lowest BCUT2D eigenvalue weighted by atomic mass is 9.99. The van der Waals surface area contributed by atoms with Gasteiger partial charge in [0, 0.05) is 18.0 Å². The largest absolute Gasteiger partial charge is 0.298 e. The van der Waals surface area contributed by atoms with Crippen molar-refractivity contribution in [3.8, 4) is 0 Å². The average Bonchev–Trinajstić information content (AvgIpc) is 2.95. The molecule has 1 saturated heterocycles. The molecule has 0 unspecified atom stereocenters. The minimum absolute atomic E-state index is 0.184. The number of nitrogens with zero attached hydrogens (tertiary/aromatic N) is 1. The molecular weight excluding hydrogens is 198 g/mol. The normalized spacial score (nSPS) is 31.6. The Morgan fingerprint density at radius 1 is 1.06 bits per heavy atom. The maximum atomic E-state index is 12.2. The fourth-order valence-electron chi connectivity index (χ4n) is 3.23. The molecule has 2 nitrogen and oxygen atoms in total. The summed E-state index contributed by atoms with van der Waals surface area (Å²) in [5, 5.41) is 0. The summed E-state index contributed by atoms with van der Waals surface area (Å²) in [5.74, 6) is 1.54. The molecule has 0 spiro atoms. The number of likely N-dealkylation sites (tertiary alicyclic amines) is 1. The molecule has 2 heteroatoms. The van der Waals surface area contributed by atoms with E-state index in [0.29, 0.717) is 17.9 Å². The summed E-state index contributed by atoms with van der Waals surface area (Å²) < 4.78 is 0. The number of Topliss-reactive ketones (excluding diaryl/α,β-unsaturated/α-hetero) is 1. The molecule has 0 bridgehead atoms. The molecule has 0 N–H and O–H groups in total. The Labute approximate surface area is 99.4 Å². The van der Waals surface area contributed by atoms with Crippen LogP contribution in [0, 0.1) is 11.8 Å². The molecule has 1 aliphatic carbocycles. The Kier molecular flexibility index (Phi) is 3.39. The zero-order chi connectivity index (χ0) is 11.9. The number of rotatable bonds is 4. The third-order valence-electron chi connectivity index (χ3n) is 4.14. The van der Waals surface area contributed by atoms with E-state index in [9.17, 15) is 4.79 Å². The van der Waals surface area contributed by atoms with Crippen molar-refractivity contribution in [3.63, 3.8) is 0 Å². The Morgan fingerprint density at radius 3 is 2.12 bits per heavy atom. The Bertz CT molecular complexity index is 268. The molecular formula is C14H25NO. The summed E-state index contributed by atoms with van der Waals surface area (Å²) >= 11 is 0. The standard InChI is InChI=1S/C14H25NO/c1-9(2)14(16)13-8-7-12(11-5-6-11)15(13)10(3)4/h9-13H,5-8H2,1-4H3/t12-,13+/m1/s1. The smallest absolute Gasteiger partial charge is 0.152 e. The third kappa shape index (κ3) is 2.17. The minimum atomic E-state index is 0.184. The topological polar surface area (TPSA) is 20.3 Å². The van der Waals surface area contributed by atoms with Crippen molar-refractivity contribution in [2.45, 2.75) is 71.5 Å². The fraction of sp³-hybridized carbons (Fsp3) is 0.929. The number of carbonyl (C=O) groups excluding carboxylic acids is 1. The first-order chi connectivity index (χ1) is 7.52. The van der Waals surface area contributed by atoms with E-state index in [-0.39, 0.29) is 12.0 Å². The van der Waals surface area contributed by atoms with Crippen molar-refractivity contribution in [1.29, 1.82) is 0 Å². The van der Waals surface area contributed by atoms with Crippen molar-refractivity contribution in [2.24, 2.45) is 11.8 Å². The first kappa shape index (κ1) is 12.1. The Morgan fingerprint density at radius 2 is 1.69 bits per heavy atom. The van der Waals surface area contributed by atoms with Crippen LogP contribution >= 0.6 is 0 Å². The maximum Gasteiger partial charge on any atom is 0.152 e. The second-order valence-electron chi connectivity index (χ2n) is 6.10. The Balaban J connectivity index is 2.10. The van der Waals surface area contributed by atoms with Crippen LogP contribution in [0.1, 0.15) is 53.4 Å². The van der Waals surface area contributed by atoms with Crippen molar-refractivity contribution in [1.82, 2.24) is 4.90 Å². The van der Waals surface area contributed by atoms with Gasteiger partial charge in [-0.2, -0.15) is 0 Å². The highest BCUT2D eigenvalue weighted by Gasteiger charge is 2.45. The van der Waals surface area contributed by atoms with E-state index in [2.05, 4.69) is 18.7 Å². The number of carbonyl (C=O) groups is 1. The monoisotopic (exact) mass is 223 g/mol. The summed E-state index contributed by atoms with van der Waals surface area (Å²) in [7, 11) is 0. The van der Waals surface area contributed by atoms with Gasteiger partial charge in [0.25, 0.3) is 0 Å². The lowest BCUT2D eigenvalue weighted by Gasteiger charge is -2.34. The van der Waals surface area contributed by atoms with Crippen LogP contribution < -0.4 is 0 Å². The van der Waals surface area contributed by atoms with E-state index < -0.39 is 0 Å². The van der Waals surface area contributed by atoms with Gasteiger partial charge in [0.15, 0.2) is 5.78 Å². The van der Waals surface area contributed by atoms with Gasteiger partial charge >= 0.3 is 0 Å². The molecule has 16 heavy (non-hydrogen) atoms. The van der Waals surface area contributed by atoms with Gasteiger partial charge < -0.3 is 0 Å². The van der Waals surface area contributed by atoms with E-state index in [1.807, 2.05) is 13.8 Å². The lowest BCUT2D eigenvalue weighted by Crippen LogP contribution is -2.47. The SMILES string of the molecule is CC(C)C(=O)[C@@H]1CC[C@H](C2CC2)N1C(C)C. The lowest BCUT2D eigenvalue weighted by molar-refractivity contribution is -0.127. The van der Waals surface area contributed by atoms with Gasteiger partial charge in [-0.05, 0) is 45.4 Å². The number of hydrogen-bond acceptors (Lipinski definition) is 2. The highest BCUT2D eigenvalue weighted by molar-refractivity contribution is 5.86. The van der Waals surface area contributed by atoms with E-state index in [1.165, 1.54) is 19.3 Å². The third-order valence-corrected chi connectivity index (χ3v) is 4.14. The van der Waals surface area contributed by atoms with Crippen molar-refractivity contribution in [3.05, 3.63) is 0 Å². The molecule has 2 rings (SSSR count). The van der Waals surface area contributed by atoms with Gasteiger partial charge in [0.05, 0.1) is 6.04 Å². The molecule has 0 aromatic carbocycles. The molecule has 1 aliphatic heterocycles. The molecule has 92 valence electrons. The molecule has 0 radical (unpaired) electrons. The summed E-state index contributed by atoms with van der Waals surface area (Å²) in [5.41, 5.74) is 0. The molecule has 2 aliphatic rings. The van der Waals surface area contributed by atoms with Crippen LogP contribution in [0.4, 0.5) is 0 Å². The van der Waals surface area contributed by atoms with E-state index in [1.54, 1.807) is 0 Å². The predicted octanol–water partition coefficient (Wildman–Crippen LogP) is 2.86. The van der Waals surface area contributed by atoms with Gasteiger partial charge in [0.1, 0.15) is 0 Å². The first-order valence-corrected chi connectivity index (χ1v) is 6.83. The van der Waals surface area contributed by atoms with Crippen LogP contribution in [-0.4, -0.2) is 28.8 Å². The zero-order valence-electron chi connectivity index (χ0n) is 11.1. The molecule has 0 amide bonds. The van der Waals surface area contributed by atoms with Crippen molar-refractivity contribution < 1.29 is 4.79 Å². The van der Waals surface area contributed by atoms with Crippen LogP contribution in [0.3, 0.4) is 0 Å². The van der Waals surface area contributed by atoms with Gasteiger partial charge in [-0.3, -0.25) is 9.69 Å². The second-order valence-corrected chi connectivity index (χ2v) is 6.10. The van der Waals surface area contributed by atoms with E-state index >= 15 is 0 Å². The molecule has 1 heterocycles. The summed E-state index contributed by atoms with van der Waals surface area (Å²) in [6.45, 7) is 8.54. The van der Waals surface area contributed by atoms with Crippen LogP contribution in [0.2, 0.25) is 0 Å². The number of ketones is 1. The van der Waals surface area contributed by atoms with E-state index in [4.69, 9.17) is 0 Å². The predicted molar refractivity (Wildman–Crippen MR) is 66.4 cm³/mol. The average molecular weight is 223 g/mol. The van der Waals surface area contributed by atoms with E-state index in [0.717, 1.165) is 12.3 Å². The maximum absolute atomic E-state index is 12.2. The summed E-state index contributed by atoms with van der Waals surface area (Å²) in [6, 6.07) is 1.43. The quantitative estimate of drug-likeness (QED) is 0.730. The number of hydrogen-bond donors (Lipinski definition) is 0. The van der Waals surface area contributed by atoms with Gasteiger partial charge in [-0.1, -0.05) is 13.8 Å². The summed E-state index contributed by atoms with van der Waals surface area (Å²) in [4.78, 5) is 14.7. The highest BCUT2D eigenvalue weighted by atomic mass is 16.1. The zero-order valence-corrected chi connectivity index (χ0v) is 11.1. The molecule has 0 aromatic rings. The van der Waals surface area contributed by atoms with Gasteiger partial charge in [0.2, 0.25) is 0 Å². The fourth-order valence-corrected chi connectivity index (χ4v) is 3.23. The first-order valence-electron chi connectivity index (χ1n) is 6.83.